The van der Waals surface area contributed by atoms with Crippen LogP contribution in [0.3, 0.4) is 0 Å². The number of carbonyl (C=O) groups excluding carboxylic acids is 2. The molecule has 0 bridgehead atoms. The Kier molecular flexibility index (Phi) is 9.58. The van der Waals surface area contributed by atoms with Gasteiger partial charge in [-0.15, -0.1) is 0 Å². The molecule has 5 nitrogen and oxygen atoms in total. The SMILES string of the molecule is Cc1cc(C)c(C)c(OCC(=O)N(Cc2ccccc2)[C@H](Cc2ccccc2)C(=O)NC2CCCCC2)c1. The molecule has 0 radical (unpaired) electrons. The number of nitrogens with one attached hydrogen (secondary N) is 1. The predicted octanol–water partition coefficient (Wildman–Crippen LogP) is 6.08. The first-order valence-electron chi connectivity index (χ1n) is 13.8. The predicted molar refractivity (Wildman–Crippen MR) is 152 cm³/mol. The van der Waals surface area contributed by atoms with Gasteiger partial charge in [0.1, 0.15) is 11.8 Å². The third kappa shape index (κ3) is 7.47. The zero-order valence-electron chi connectivity index (χ0n) is 22.9. The van der Waals surface area contributed by atoms with E-state index < -0.39 is 6.04 Å². The molecule has 200 valence electrons. The summed E-state index contributed by atoms with van der Waals surface area (Å²) < 4.78 is 6.09. The van der Waals surface area contributed by atoms with Crippen molar-refractivity contribution in [3.63, 3.8) is 0 Å². The van der Waals surface area contributed by atoms with Crippen LogP contribution in [0.2, 0.25) is 0 Å². The molecule has 1 atom stereocenters. The minimum atomic E-state index is -0.643. The van der Waals surface area contributed by atoms with E-state index >= 15 is 0 Å². The Bertz CT molecular complexity index is 1200. The summed E-state index contributed by atoms with van der Waals surface area (Å²) in [4.78, 5) is 29.4. The van der Waals surface area contributed by atoms with E-state index in [1.165, 1.54) is 6.42 Å². The van der Waals surface area contributed by atoms with Crippen molar-refractivity contribution < 1.29 is 14.3 Å². The van der Waals surface area contributed by atoms with Gasteiger partial charge in [-0.1, -0.05) is 86.0 Å². The summed E-state index contributed by atoms with van der Waals surface area (Å²) in [6.45, 7) is 6.29. The molecule has 1 aliphatic rings. The third-order valence-corrected chi connectivity index (χ3v) is 7.53. The third-order valence-electron chi connectivity index (χ3n) is 7.53. The van der Waals surface area contributed by atoms with E-state index in [1.807, 2.05) is 87.5 Å². The van der Waals surface area contributed by atoms with E-state index in [0.29, 0.717) is 18.7 Å². The van der Waals surface area contributed by atoms with E-state index in [-0.39, 0.29) is 24.5 Å². The molecule has 3 aromatic rings. The van der Waals surface area contributed by atoms with E-state index in [9.17, 15) is 9.59 Å². The number of benzene rings is 3. The van der Waals surface area contributed by atoms with Gasteiger partial charge in [0, 0.05) is 19.0 Å². The van der Waals surface area contributed by atoms with Crippen LogP contribution in [0, 0.1) is 20.8 Å². The number of rotatable bonds is 10. The maximum Gasteiger partial charge on any atom is 0.261 e. The summed E-state index contributed by atoms with van der Waals surface area (Å²) in [7, 11) is 0. The van der Waals surface area contributed by atoms with Crippen molar-refractivity contribution in [1.29, 1.82) is 0 Å². The number of aryl methyl sites for hydroxylation is 2. The van der Waals surface area contributed by atoms with Crippen LogP contribution in [-0.2, 0) is 22.6 Å². The van der Waals surface area contributed by atoms with Crippen LogP contribution in [0.5, 0.6) is 5.75 Å². The normalized spacial score (nSPS) is 14.5. The minimum Gasteiger partial charge on any atom is -0.483 e. The molecule has 0 aliphatic heterocycles. The van der Waals surface area contributed by atoms with Crippen molar-refractivity contribution in [3.8, 4) is 5.75 Å². The Balaban J connectivity index is 1.61. The highest BCUT2D eigenvalue weighted by Gasteiger charge is 2.32. The molecule has 3 aromatic carbocycles. The summed E-state index contributed by atoms with van der Waals surface area (Å²) in [6, 6.07) is 23.4. The number of hydrogen-bond donors (Lipinski definition) is 1. The van der Waals surface area contributed by atoms with Crippen molar-refractivity contribution in [2.75, 3.05) is 6.61 Å². The average Bonchev–Trinajstić information content (AvgIpc) is 2.93. The standard InChI is InChI=1S/C33H40N2O3/c1-24-19-25(2)26(3)31(20-24)38-23-32(36)35(22-28-15-9-5-10-16-28)30(21-27-13-7-4-8-14-27)33(37)34-29-17-11-6-12-18-29/h4-5,7-10,13-16,19-20,29-30H,6,11-12,17-18,21-23H2,1-3H3,(H,34,37)/t30-/m1/s1. The second kappa shape index (κ2) is 13.3. The lowest BCUT2D eigenvalue weighted by Gasteiger charge is -2.33. The molecule has 1 N–H and O–H groups in total. The Morgan fingerprint density at radius 3 is 2.18 bits per heavy atom. The van der Waals surface area contributed by atoms with Crippen LogP contribution in [0.1, 0.15) is 59.9 Å². The van der Waals surface area contributed by atoms with Crippen molar-refractivity contribution in [3.05, 3.63) is 101 Å². The highest BCUT2D eigenvalue weighted by molar-refractivity contribution is 5.88. The smallest absolute Gasteiger partial charge is 0.261 e. The van der Waals surface area contributed by atoms with Crippen molar-refractivity contribution in [1.82, 2.24) is 10.2 Å². The van der Waals surface area contributed by atoms with Crippen molar-refractivity contribution in [2.24, 2.45) is 0 Å². The quantitative estimate of drug-likeness (QED) is 0.358. The number of amides is 2. The molecule has 1 saturated carbocycles. The zero-order valence-corrected chi connectivity index (χ0v) is 22.9. The number of ether oxygens (including phenoxy) is 1. The lowest BCUT2D eigenvalue weighted by Crippen LogP contribution is -2.53. The lowest BCUT2D eigenvalue weighted by atomic mass is 9.94. The molecule has 0 heterocycles. The molecule has 0 spiro atoms. The molecule has 1 aliphatic carbocycles. The number of carbonyl (C=O) groups is 2. The van der Waals surface area contributed by atoms with Crippen LogP contribution in [0.25, 0.3) is 0 Å². The van der Waals surface area contributed by atoms with Gasteiger partial charge in [0.2, 0.25) is 5.91 Å². The first kappa shape index (κ1) is 27.4. The summed E-state index contributed by atoms with van der Waals surface area (Å²) in [5, 5.41) is 3.28. The molecule has 4 rings (SSSR count). The van der Waals surface area contributed by atoms with Crippen LogP contribution in [0.15, 0.2) is 72.8 Å². The van der Waals surface area contributed by atoms with Gasteiger partial charge in [0.25, 0.3) is 5.91 Å². The van der Waals surface area contributed by atoms with Gasteiger partial charge in [-0.2, -0.15) is 0 Å². The fourth-order valence-electron chi connectivity index (χ4n) is 5.25. The second-order valence-electron chi connectivity index (χ2n) is 10.5. The second-order valence-corrected chi connectivity index (χ2v) is 10.5. The molecule has 2 amide bonds. The fourth-order valence-corrected chi connectivity index (χ4v) is 5.25. The molecule has 0 unspecified atom stereocenters. The molecule has 0 aromatic heterocycles. The van der Waals surface area contributed by atoms with E-state index in [1.54, 1.807) is 4.90 Å². The van der Waals surface area contributed by atoms with Crippen molar-refractivity contribution >= 4 is 11.8 Å². The topological polar surface area (TPSA) is 58.6 Å². The summed E-state index contributed by atoms with van der Waals surface area (Å²) in [6.07, 6.45) is 5.90. The number of nitrogens with zero attached hydrogens (tertiary/aromatic N) is 1. The van der Waals surface area contributed by atoms with Gasteiger partial charge in [-0.3, -0.25) is 9.59 Å². The van der Waals surface area contributed by atoms with E-state index in [0.717, 1.165) is 53.5 Å². The lowest BCUT2D eigenvalue weighted by molar-refractivity contribution is -0.143. The summed E-state index contributed by atoms with van der Waals surface area (Å²) in [5.41, 5.74) is 5.24. The Morgan fingerprint density at radius 2 is 1.53 bits per heavy atom. The van der Waals surface area contributed by atoms with Crippen LogP contribution < -0.4 is 10.1 Å². The molecule has 1 fully saturated rings. The molecule has 5 heteroatoms. The van der Waals surface area contributed by atoms with Gasteiger partial charge >= 0.3 is 0 Å². The highest BCUT2D eigenvalue weighted by atomic mass is 16.5. The molecule has 38 heavy (non-hydrogen) atoms. The monoisotopic (exact) mass is 512 g/mol. The van der Waals surface area contributed by atoms with Gasteiger partial charge in [-0.05, 0) is 67.5 Å². The molecular weight excluding hydrogens is 472 g/mol. The zero-order chi connectivity index (χ0) is 26.9. The van der Waals surface area contributed by atoms with Crippen molar-refractivity contribution in [2.45, 2.75) is 77.9 Å². The van der Waals surface area contributed by atoms with E-state index in [2.05, 4.69) is 11.4 Å². The van der Waals surface area contributed by atoms with Crippen LogP contribution in [0.4, 0.5) is 0 Å². The van der Waals surface area contributed by atoms with Gasteiger partial charge in [0.05, 0.1) is 0 Å². The first-order valence-corrected chi connectivity index (χ1v) is 13.8. The Morgan fingerprint density at radius 1 is 0.895 bits per heavy atom. The van der Waals surface area contributed by atoms with Gasteiger partial charge < -0.3 is 15.0 Å². The first-order chi connectivity index (χ1) is 18.4. The average molecular weight is 513 g/mol. The highest BCUT2D eigenvalue weighted by Crippen LogP contribution is 2.24. The molecule has 0 saturated heterocycles. The summed E-state index contributed by atoms with van der Waals surface area (Å²) >= 11 is 0. The molecular formula is C33H40N2O3. The fraction of sp³-hybridized carbons (Fsp3) is 0.394. The van der Waals surface area contributed by atoms with E-state index in [4.69, 9.17) is 4.74 Å². The Labute approximate surface area is 227 Å². The van der Waals surface area contributed by atoms with Gasteiger partial charge in [-0.25, -0.2) is 0 Å². The maximum atomic E-state index is 13.9. The summed E-state index contributed by atoms with van der Waals surface area (Å²) in [5.74, 6) is 0.418. The Hall–Kier alpha value is -3.60. The number of hydrogen-bond acceptors (Lipinski definition) is 3. The minimum absolute atomic E-state index is 0.0902. The van der Waals surface area contributed by atoms with Crippen LogP contribution >= 0.6 is 0 Å². The maximum absolute atomic E-state index is 13.9. The van der Waals surface area contributed by atoms with Crippen LogP contribution in [-0.4, -0.2) is 35.4 Å². The largest absolute Gasteiger partial charge is 0.483 e. The van der Waals surface area contributed by atoms with Gasteiger partial charge in [0.15, 0.2) is 6.61 Å².